The minimum absolute atomic E-state index is 0.143. The molecule has 2 rings (SSSR count). The molecule has 18 heavy (non-hydrogen) atoms. The van der Waals surface area contributed by atoms with Crippen LogP contribution in [0.2, 0.25) is 10.0 Å². The highest BCUT2D eigenvalue weighted by molar-refractivity contribution is 6.39. The van der Waals surface area contributed by atoms with Gasteiger partial charge in [0.1, 0.15) is 0 Å². The molecule has 0 aliphatic carbocycles. The van der Waals surface area contributed by atoms with Gasteiger partial charge in [0.05, 0.1) is 15.7 Å². The Morgan fingerprint density at radius 3 is 2.33 bits per heavy atom. The molecule has 1 N–H and O–H groups in total. The number of carbonyl (C=O) groups excluding carboxylic acids is 1. The fourth-order valence-electron chi connectivity index (χ4n) is 2.18. The van der Waals surface area contributed by atoms with Crippen molar-refractivity contribution >= 4 is 34.8 Å². The number of hydrogen-bond donors (Lipinski definition) is 1. The number of para-hydroxylation sites is 1. The number of piperidine rings is 1. The van der Waals surface area contributed by atoms with Crippen molar-refractivity contribution in [3.05, 3.63) is 28.2 Å². The molecule has 0 aromatic heterocycles. The molecule has 3 nitrogen and oxygen atoms in total. The number of halogens is 2. The summed E-state index contributed by atoms with van der Waals surface area (Å²) in [7, 11) is 0. The van der Waals surface area contributed by atoms with Gasteiger partial charge in [-0.25, -0.2) is 0 Å². The standard InChI is InChI=1S/C13H16Cl2N2O/c1-9(18)17-7-5-10(6-8-17)16-13-11(14)3-2-4-12(13)15/h2-4,10,16H,5-8H2,1H3. The quantitative estimate of drug-likeness (QED) is 0.904. The molecule has 1 aromatic carbocycles. The second-order valence-corrected chi connectivity index (χ2v) is 5.34. The van der Waals surface area contributed by atoms with Crippen LogP contribution >= 0.6 is 23.2 Å². The van der Waals surface area contributed by atoms with Crippen molar-refractivity contribution in [3.8, 4) is 0 Å². The monoisotopic (exact) mass is 286 g/mol. The van der Waals surface area contributed by atoms with Crippen LogP contribution in [-0.4, -0.2) is 29.9 Å². The van der Waals surface area contributed by atoms with Crippen LogP contribution in [0.1, 0.15) is 19.8 Å². The molecule has 0 spiro atoms. The molecule has 1 aliphatic heterocycles. The molecular formula is C13H16Cl2N2O. The lowest BCUT2D eigenvalue weighted by molar-refractivity contribution is -0.129. The summed E-state index contributed by atoms with van der Waals surface area (Å²) in [5.41, 5.74) is 0.794. The molecule has 98 valence electrons. The number of carbonyl (C=O) groups is 1. The van der Waals surface area contributed by atoms with Crippen molar-refractivity contribution in [2.24, 2.45) is 0 Å². The van der Waals surface area contributed by atoms with Crippen molar-refractivity contribution in [1.29, 1.82) is 0 Å². The van der Waals surface area contributed by atoms with E-state index in [2.05, 4.69) is 5.32 Å². The van der Waals surface area contributed by atoms with E-state index < -0.39 is 0 Å². The van der Waals surface area contributed by atoms with Crippen molar-refractivity contribution in [2.75, 3.05) is 18.4 Å². The molecule has 0 atom stereocenters. The number of nitrogens with one attached hydrogen (secondary N) is 1. The van der Waals surface area contributed by atoms with Gasteiger partial charge in [0.15, 0.2) is 0 Å². The van der Waals surface area contributed by atoms with Crippen LogP contribution in [0, 0.1) is 0 Å². The summed E-state index contributed by atoms with van der Waals surface area (Å²) in [6, 6.07) is 5.78. The highest BCUT2D eigenvalue weighted by atomic mass is 35.5. The Kier molecular flexibility index (Phi) is 4.36. The van der Waals surface area contributed by atoms with Crippen LogP contribution < -0.4 is 5.32 Å². The number of benzene rings is 1. The molecule has 0 unspecified atom stereocenters. The van der Waals surface area contributed by atoms with Gasteiger partial charge >= 0.3 is 0 Å². The SMILES string of the molecule is CC(=O)N1CCC(Nc2c(Cl)cccc2Cl)CC1. The first kappa shape index (κ1) is 13.5. The zero-order valence-electron chi connectivity index (χ0n) is 10.2. The zero-order chi connectivity index (χ0) is 13.1. The summed E-state index contributed by atoms with van der Waals surface area (Å²) in [6.07, 6.45) is 1.84. The van der Waals surface area contributed by atoms with Crippen LogP contribution in [0.4, 0.5) is 5.69 Å². The van der Waals surface area contributed by atoms with Crippen LogP contribution in [0.25, 0.3) is 0 Å². The average Bonchev–Trinajstić information content (AvgIpc) is 2.34. The predicted molar refractivity (Wildman–Crippen MR) is 75.4 cm³/mol. The van der Waals surface area contributed by atoms with E-state index in [1.807, 2.05) is 23.1 Å². The lowest BCUT2D eigenvalue weighted by Crippen LogP contribution is -2.41. The molecule has 5 heteroatoms. The first-order valence-corrected chi connectivity index (χ1v) is 6.79. The summed E-state index contributed by atoms with van der Waals surface area (Å²) in [4.78, 5) is 13.1. The first-order valence-electron chi connectivity index (χ1n) is 6.04. The molecule has 1 fully saturated rings. The number of hydrogen-bond acceptors (Lipinski definition) is 2. The molecule has 0 saturated carbocycles. The summed E-state index contributed by atoms with van der Waals surface area (Å²) in [5.74, 6) is 0.143. The van der Waals surface area contributed by atoms with E-state index in [4.69, 9.17) is 23.2 Å². The van der Waals surface area contributed by atoms with Crippen LogP contribution in [0.15, 0.2) is 18.2 Å². The van der Waals surface area contributed by atoms with Gasteiger partial charge in [0.2, 0.25) is 5.91 Å². The fraction of sp³-hybridized carbons (Fsp3) is 0.462. The van der Waals surface area contributed by atoms with E-state index >= 15 is 0 Å². The molecular weight excluding hydrogens is 271 g/mol. The maximum atomic E-state index is 11.2. The topological polar surface area (TPSA) is 32.3 Å². The van der Waals surface area contributed by atoms with Gasteiger partial charge in [-0.15, -0.1) is 0 Å². The maximum absolute atomic E-state index is 11.2. The lowest BCUT2D eigenvalue weighted by Gasteiger charge is -2.32. The predicted octanol–water partition coefficient (Wildman–Crippen LogP) is 3.42. The van der Waals surface area contributed by atoms with Gasteiger partial charge in [-0.3, -0.25) is 4.79 Å². The van der Waals surface area contributed by atoms with Crippen molar-refractivity contribution in [1.82, 2.24) is 4.90 Å². The van der Waals surface area contributed by atoms with E-state index in [1.54, 1.807) is 6.92 Å². The first-order chi connectivity index (χ1) is 8.58. The number of rotatable bonds is 2. The number of amides is 1. The molecule has 1 aliphatic rings. The number of likely N-dealkylation sites (tertiary alicyclic amines) is 1. The molecule has 0 bridgehead atoms. The van der Waals surface area contributed by atoms with Crippen LogP contribution in [-0.2, 0) is 4.79 Å². The van der Waals surface area contributed by atoms with Gasteiger partial charge in [-0.2, -0.15) is 0 Å². The lowest BCUT2D eigenvalue weighted by atomic mass is 10.0. The molecule has 0 radical (unpaired) electrons. The second kappa shape index (κ2) is 5.81. The highest BCUT2D eigenvalue weighted by Crippen LogP contribution is 2.31. The Balaban J connectivity index is 1.98. The summed E-state index contributed by atoms with van der Waals surface area (Å²) in [5, 5.41) is 4.65. The third kappa shape index (κ3) is 3.09. The summed E-state index contributed by atoms with van der Waals surface area (Å²) < 4.78 is 0. The maximum Gasteiger partial charge on any atom is 0.219 e. The number of nitrogens with zero attached hydrogens (tertiary/aromatic N) is 1. The van der Waals surface area contributed by atoms with E-state index in [9.17, 15) is 4.79 Å². The third-order valence-electron chi connectivity index (χ3n) is 3.25. The van der Waals surface area contributed by atoms with E-state index in [0.717, 1.165) is 31.6 Å². The Hall–Kier alpha value is -0.930. The van der Waals surface area contributed by atoms with Gasteiger partial charge in [-0.05, 0) is 25.0 Å². The second-order valence-electron chi connectivity index (χ2n) is 4.52. The van der Waals surface area contributed by atoms with E-state index in [0.29, 0.717) is 16.1 Å². The molecule has 1 heterocycles. The Labute approximate surface area is 117 Å². The average molecular weight is 287 g/mol. The van der Waals surface area contributed by atoms with Crippen molar-refractivity contribution < 1.29 is 4.79 Å². The fourth-order valence-corrected chi connectivity index (χ4v) is 2.69. The highest BCUT2D eigenvalue weighted by Gasteiger charge is 2.21. The largest absolute Gasteiger partial charge is 0.380 e. The molecule has 1 aromatic rings. The van der Waals surface area contributed by atoms with Gasteiger partial charge in [0.25, 0.3) is 0 Å². The van der Waals surface area contributed by atoms with E-state index in [-0.39, 0.29) is 5.91 Å². The Morgan fingerprint density at radius 2 is 1.83 bits per heavy atom. The zero-order valence-corrected chi connectivity index (χ0v) is 11.8. The van der Waals surface area contributed by atoms with Crippen molar-refractivity contribution in [2.45, 2.75) is 25.8 Å². The molecule has 1 saturated heterocycles. The van der Waals surface area contributed by atoms with Crippen LogP contribution in [0.3, 0.4) is 0 Å². The van der Waals surface area contributed by atoms with Gasteiger partial charge in [0, 0.05) is 26.1 Å². The minimum atomic E-state index is 0.143. The van der Waals surface area contributed by atoms with Crippen LogP contribution in [0.5, 0.6) is 0 Å². The Bertz CT molecular complexity index is 422. The number of anilines is 1. The van der Waals surface area contributed by atoms with E-state index in [1.165, 1.54) is 0 Å². The normalized spacial score (nSPS) is 16.7. The summed E-state index contributed by atoms with van der Waals surface area (Å²) >= 11 is 12.2. The van der Waals surface area contributed by atoms with Crippen molar-refractivity contribution in [3.63, 3.8) is 0 Å². The third-order valence-corrected chi connectivity index (χ3v) is 3.88. The van der Waals surface area contributed by atoms with Gasteiger partial charge < -0.3 is 10.2 Å². The minimum Gasteiger partial charge on any atom is -0.380 e. The Morgan fingerprint density at radius 1 is 1.28 bits per heavy atom. The smallest absolute Gasteiger partial charge is 0.219 e. The summed E-state index contributed by atoms with van der Waals surface area (Å²) in [6.45, 7) is 3.18. The molecule has 1 amide bonds. The van der Waals surface area contributed by atoms with Gasteiger partial charge in [-0.1, -0.05) is 29.3 Å².